The fourth-order valence-electron chi connectivity index (χ4n) is 5.13. The van der Waals surface area contributed by atoms with Crippen molar-refractivity contribution in [1.82, 2.24) is 45.6 Å². The second-order valence-corrected chi connectivity index (χ2v) is 15.2. The SMILES string of the molecule is Cc1cc(SCC2=C(C(=O)O)N3C(=O)[C@@H](NC(=O)/C(=N/OC(C)(C)C(=O)NNC(=O)c4ccc([O-])c(O)c4)c4csc(N)n4)[C@H]3SC2)n2nc(CO)nc2n1.[Na+]. The Hall–Kier alpha value is -4.98. The quantitative estimate of drug-likeness (QED) is 0.0180. The third kappa shape index (κ3) is 8.69. The van der Waals surface area contributed by atoms with Crippen molar-refractivity contribution in [3.63, 3.8) is 0 Å². The molecule has 3 aromatic heterocycles. The van der Waals surface area contributed by atoms with E-state index in [1.54, 1.807) is 13.0 Å². The predicted octanol–water partition coefficient (Wildman–Crippen LogP) is -3.76. The number of carbonyl (C=O) groups is 5. The van der Waals surface area contributed by atoms with Gasteiger partial charge in [0.15, 0.2) is 16.7 Å². The Labute approximate surface area is 350 Å². The first-order chi connectivity index (χ1) is 26.1. The molecule has 0 radical (unpaired) electrons. The molecule has 8 N–H and O–H groups in total. The number of nitrogen functional groups attached to an aromatic ring is 1. The number of amides is 4. The van der Waals surface area contributed by atoms with Gasteiger partial charge < -0.3 is 36.3 Å². The number of thiazole rings is 1. The minimum atomic E-state index is -1.82. The van der Waals surface area contributed by atoms with E-state index in [9.17, 15) is 44.4 Å². The predicted molar refractivity (Wildman–Crippen MR) is 193 cm³/mol. The number of aromatic nitrogens is 5. The number of aliphatic hydroxyl groups is 1. The number of nitrogens with two attached hydrogens (primary N) is 1. The van der Waals surface area contributed by atoms with E-state index in [0.29, 0.717) is 16.3 Å². The molecule has 56 heavy (non-hydrogen) atoms. The molecule has 25 heteroatoms. The number of aliphatic hydroxyl groups excluding tert-OH is 1. The first kappa shape index (κ1) is 42.2. The van der Waals surface area contributed by atoms with Crippen LogP contribution >= 0.6 is 34.9 Å². The van der Waals surface area contributed by atoms with Crippen LogP contribution in [0.5, 0.6) is 11.5 Å². The summed E-state index contributed by atoms with van der Waals surface area (Å²) >= 11 is 3.47. The number of β-lactam (4-membered cyclic amide) rings is 1. The number of hydrogen-bond acceptors (Lipinski definition) is 18. The fourth-order valence-corrected chi connectivity index (χ4v) is 8.21. The molecule has 0 spiro atoms. The molecule has 4 aromatic rings. The van der Waals surface area contributed by atoms with Crippen LogP contribution in [-0.2, 0) is 30.6 Å². The minimum absolute atomic E-state index is 0. The average molecular weight is 836 g/mol. The molecule has 0 bridgehead atoms. The van der Waals surface area contributed by atoms with Gasteiger partial charge in [-0.3, -0.25) is 34.9 Å². The van der Waals surface area contributed by atoms with Crippen molar-refractivity contribution in [3.05, 3.63) is 63.7 Å². The number of hydrogen-bond donors (Lipinski definition) is 7. The number of aryl methyl sites for hydroxylation is 1. The van der Waals surface area contributed by atoms with E-state index in [-0.39, 0.29) is 74.8 Å². The van der Waals surface area contributed by atoms with Crippen molar-refractivity contribution < 1.29 is 78.8 Å². The van der Waals surface area contributed by atoms with E-state index in [1.165, 1.54) is 47.3 Å². The molecule has 21 nitrogen and oxygen atoms in total. The van der Waals surface area contributed by atoms with Crippen molar-refractivity contribution in [2.45, 2.75) is 49.4 Å². The summed E-state index contributed by atoms with van der Waals surface area (Å²) in [4.78, 5) is 84.0. The summed E-state index contributed by atoms with van der Waals surface area (Å²) in [6.07, 6.45) is 0. The monoisotopic (exact) mass is 835 g/mol. The van der Waals surface area contributed by atoms with Crippen molar-refractivity contribution >= 4 is 81.1 Å². The van der Waals surface area contributed by atoms with E-state index < -0.39 is 70.4 Å². The summed E-state index contributed by atoms with van der Waals surface area (Å²) in [5, 5.41) is 52.6. The molecule has 0 saturated carbocycles. The number of anilines is 1. The molecular weight excluding hydrogens is 806 g/mol. The van der Waals surface area contributed by atoms with Crippen LogP contribution in [0.3, 0.4) is 0 Å². The Bertz CT molecular complexity index is 2310. The standard InChI is InChI=1S/C31H31N11O10S3.Na/c1-12-6-19(42-30(33-12)35-18(8-43)39-42)53-9-14-10-54-26-21(25(48)41(26)22(14)27(49)50)36-24(47)20(15-11-55-29(32)34-15)40-52-31(2,3)28(51)38-37-23(46)13-4-5-16(44)17(45)7-13;/h4-7,11,21,26,43-45H,8-10H2,1-3H3,(H2,32,34)(H,36,47)(H,37,46)(H,38,51)(H,49,50);/q;+1/p-1/b40-20+;/t21-,26-;/m1./s1. The molecule has 2 aliphatic rings. The van der Waals surface area contributed by atoms with Crippen LogP contribution in [0.2, 0.25) is 0 Å². The van der Waals surface area contributed by atoms with Gasteiger partial charge >= 0.3 is 35.5 Å². The summed E-state index contributed by atoms with van der Waals surface area (Å²) in [5.41, 5.74) is 8.45. The van der Waals surface area contributed by atoms with Gasteiger partial charge in [0.1, 0.15) is 40.2 Å². The molecule has 0 unspecified atom stereocenters. The molecular formula is C31H30N11NaO10S3. The molecule has 6 rings (SSSR count). The summed E-state index contributed by atoms with van der Waals surface area (Å²) in [6.45, 7) is 3.92. The number of thioether (sulfide) groups is 2. The molecule has 2 atom stereocenters. The van der Waals surface area contributed by atoms with Crippen LogP contribution < -0.4 is 56.6 Å². The van der Waals surface area contributed by atoms with Gasteiger partial charge in [0.05, 0.1) is 0 Å². The zero-order valence-corrected chi connectivity index (χ0v) is 34.2. The molecule has 0 aliphatic carbocycles. The maximum Gasteiger partial charge on any atom is 1.00 e. The molecule has 2 aliphatic heterocycles. The van der Waals surface area contributed by atoms with Gasteiger partial charge in [0.2, 0.25) is 5.60 Å². The number of fused-ring (bicyclic) bond motifs is 2. The maximum absolute atomic E-state index is 13.6. The number of aromatic hydroxyl groups is 1. The molecule has 5 heterocycles. The van der Waals surface area contributed by atoms with E-state index in [2.05, 4.69) is 41.4 Å². The number of carboxylic acids is 1. The number of aliphatic carboxylic acids is 1. The van der Waals surface area contributed by atoms with E-state index in [0.717, 1.165) is 34.4 Å². The Morgan fingerprint density at radius 3 is 2.59 bits per heavy atom. The van der Waals surface area contributed by atoms with Gasteiger partial charge in [-0.05, 0) is 44.5 Å². The van der Waals surface area contributed by atoms with Crippen molar-refractivity contribution in [2.24, 2.45) is 5.16 Å². The number of rotatable bonds is 12. The Kier molecular flexibility index (Phi) is 12.8. The molecule has 4 amide bonds. The van der Waals surface area contributed by atoms with Crippen molar-refractivity contribution in [1.29, 1.82) is 0 Å². The Morgan fingerprint density at radius 2 is 1.93 bits per heavy atom. The number of carbonyl (C=O) groups excluding carboxylic acids is 4. The average Bonchev–Trinajstić information content (AvgIpc) is 3.77. The van der Waals surface area contributed by atoms with Crippen molar-refractivity contribution in [3.8, 4) is 11.5 Å². The van der Waals surface area contributed by atoms with Crippen LogP contribution in [0.15, 0.2) is 51.1 Å². The molecule has 288 valence electrons. The Balaban J connectivity index is 0.00000600. The number of phenols is 1. The number of hydrazine groups is 1. The van der Waals surface area contributed by atoms with Crippen LogP contribution in [0.1, 0.15) is 41.4 Å². The van der Waals surface area contributed by atoms with Crippen LogP contribution in [-0.4, -0.2) is 109 Å². The van der Waals surface area contributed by atoms with Gasteiger partial charge in [-0.1, -0.05) is 17.0 Å². The second kappa shape index (κ2) is 17.0. The van der Waals surface area contributed by atoms with E-state index in [4.69, 9.17) is 10.6 Å². The second-order valence-electron chi connectivity index (χ2n) is 12.2. The van der Waals surface area contributed by atoms with Crippen LogP contribution in [0, 0.1) is 6.92 Å². The van der Waals surface area contributed by atoms with Gasteiger partial charge in [-0.25, -0.2) is 14.8 Å². The molecule has 1 saturated heterocycles. The number of phenolic OH excluding ortho intramolecular Hbond substituents is 1. The topological polar surface area (TPSA) is 312 Å². The largest absolute Gasteiger partial charge is 1.00 e. The summed E-state index contributed by atoms with van der Waals surface area (Å²) in [5.74, 6) is -5.29. The summed E-state index contributed by atoms with van der Waals surface area (Å²) in [7, 11) is 0. The third-order valence-corrected chi connectivity index (χ3v) is 11.0. The van der Waals surface area contributed by atoms with E-state index in [1.807, 2.05) is 0 Å². The normalized spacial score (nSPS) is 16.8. The van der Waals surface area contributed by atoms with Gasteiger partial charge in [-0.15, -0.1) is 40.0 Å². The number of carboxylic acid groups (broad SMARTS) is 1. The minimum Gasteiger partial charge on any atom is -0.870 e. The van der Waals surface area contributed by atoms with Crippen molar-refractivity contribution in [2.75, 3.05) is 17.2 Å². The number of benzene rings is 1. The third-order valence-electron chi connectivity index (χ3n) is 7.93. The summed E-state index contributed by atoms with van der Waals surface area (Å²) < 4.78 is 1.44. The summed E-state index contributed by atoms with van der Waals surface area (Å²) in [6, 6.07) is 3.61. The van der Waals surface area contributed by atoms with Gasteiger partial charge in [0.25, 0.3) is 29.4 Å². The zero-order valence-electron chi connectivity index (χ0n) is 29.8. The van der Waals surface area contributed by atoms with Gasteiger partial charge in [-0.2, -0.15) is 9.50 Å². The first-order valence-corrected chi connectivity index (χ1v) is 18.8. The smallest absolute Gasteiger partial charge is 0.870 e. The van der Waals surface area contributed by atoms with E-state index >= 15 is 0 Å². The van der Waals surface area contributed by atoms with Crippen LogP contribution in [0.25, 0.3) is 5.78 Å². The van der Waals surface area contributed by atoms with Gasteiger partial charge in [0, 0.05) is 28.1 Å². The first-order valence-electron chi connectivity index (χ1n) is 15.8. The van der Waals surface area contributed by atoms with Crippen LogP contribution in [0.4, 0.5) is 5.13 Å². The fraction of sp³-hybridized carbons (Fsp3) is 0.290. The Morgan fingerprint density at radius 1 is 1.18 bits per heavy atom. The zero-order chi connectivity index (χ0) is 39.8. The maximum atomic E-state index is 13.6. The molecule has 1 aromatic carbocycles. The number of nitrogens with zero attached hydrogens (tertiary/aromatic N) is 7. The molecule has 1 fully saturated rings. The number of nitrogens with one attached hydrogen (secondary N) is 3. The number of oxime groups is 1.